The number of amides is 2. The van der Waals surface area contributed by atoms with Crippen LogP contribution in [0.4, 0.5) is 10.5 Å². The number of aromatic nitrogens is 1. The molecule has 0 N–H and O–H groups in total. The van der Waals surface area contributed by atoms with E-state index in [1.165, 1.54) is 4.90 Å². The third-order valence-corrected chi connectivity index (χ3v) is 4.92. The van der Waals surface area contributed by atoms with Gasteiger partial charge in [-0.15, -0.1) is 0 Å². The van der Waals surface area contributed by atoms with E-state index in [4.69, 9.17) is 9.47 Å². The SMILES string of the molecule is Cc1cccc(OC2CCN(C(=O)CN(C(=O)OC(C)(C)C)c3ccccc3)CC2)n1. The molecule has 1 saturated heterocycles. The number of benzene rings is 1. The van der Waals surface area contributed by atoms with Crippen molar-refractivity contribution >= 4 is 17.7 Å². The lowest BCUT2D eigenvalue weighted by Gasteiger charge is -2.34. The number of pyridine rings is 1. The van der Waals surface area contributed by atoms with Crippen molar-refractivity contribution in [1.29, 1.82) is 0 Å². The van der Waals surface area contributed by atoms with Crippen molar-refractivity contribution in [3.8, 4) is 5.88 Å². The molecule has 166 valence electrons. The van der Waals surface area contributed by atoms with E-state index in [0.29, 0.717) is 24.7 Å². The van der Waals surface area contributed by atoms with Gasteiger partial charge in [-0.2, -0.15) is 0 Å². The Morgan fingerprint density at radius 2 is 1.74 bits per heavy atom. The van der Waals surface area contributed by atoms with Crippen LogP contribution in [0, 0.1) is 6.92 Å². The highest BCUT2D eigenvalue weighted by atomic mass is 16.6. The molecular weight excluding hydrogens is 394 g/mol. The predicted octanol–water partition coefficient (Wildman–Crippen LogP) is 4.20. The Labute approximate surface area is 184 Å². The normalized spacial score (nSPS) is 14.8. The lowest BCUT2D eigenvalue weighted by Crippen LogP contribution is -2.48. The maximum Gasteiger partial charge on any atom is 0.415 e. The molecule has 0 bridgehead atoms. The minimum Gasteiger partial charge on any atom is -0.474 e. The van der Waals surface area contributed by atoms with Crippen molar-refractivity contribution < 1.29 is 19.1 Å². The van der Waals surface area contributed by atoms with E-state index in [1.807, 2.05) is 64.1 Å². The fourth-order valence-corrected chi connectivity index (χ4v) is 3.40. The zero-order chi connectivity index (χ0) is 22.4. The number of anilines is 1. The molecule has 0 radical (unpaired) electrons. The number of rotatable bonds is 5. The number of carbonyl (C=O) groups is 2. The minimum atomic E-state index is -0.646. The molecular formula is C24H31N3O4. The van der Waals surface area contributed by atoms with Gasteiger partial charge in [-0.05, 0) is 45.9 Å². The van der Waals surface area contributed by atoms with E-state index in [9.17, 15) is 9.59 Å². The third kappa shape index (κ3) is 6.70. The zero-order valence-electron chi connectivity index (χ0n) is 18.7. The Morgan fingerprint density at radius 1 is 1.06 bits per heavy atom. The summed E-state index contributed by atoms with van der Waals surface area (Å²) in [6, 6.07) is 14.8. The molecule has 2 heterocycles. The lowest BCUT2D eigenvalue weighted by atomic mass is 10.1. The van der Waals surface area contributed by atoms with Gasteiger partial charge in [-0.25, -0.2) is 9.78 Å². The summed E-state index contributed by atoms with van der Waals surface area (Å²) in [5.74, 6) is 0.506. The van der Waals surface area contributed by atoms with Crippen molar-refractivity contribution in [3.63, 3.8) is 0 Å². The highest BCUT2D eigenvalue weighted by molar-refractivity contribution is 5.95. The van der Waals surface area contributed by atoms with E-state index in [2.05, 4.69) is 4.98 Å². The summed E-state index contributed by atoms with van der Waals surface area (Å²) in [5, 5.41) is 0. The van der Waals surface area contributed by atoms with Crippen molar-refractivity contribution in [1.82, 2.24) is 9.88 Å². The summed E-state index contributed by atoms with van der Waals surface area (Å²) in [6.45, 7) is 8.44. The number of ether oxygens (including phenoxy) is 2. The molecule has 7 heteroatoms. The maximum atomic E-state index is 13.0. The van der Waals surface area contributed by atoms with E-state index in [-0.39, 0.29) is 18.6 Å². The lowest BCUT2D eigenvalue weighted by molar-refractivity contribution is -0.131. The minimum absolute atomic E-state index is 0.0226. The number of carbonyl (C=O) groups excluding carboxylic acids is 2. The highest BCUT2D eigenvalue weighted by Crippen LogP contribution is 2.21. The fourth-order valence-electron chi connectivity index (χ4n) is 3.40. The summed E-state index contributed by atoms with van der Waals surface area (Å²) in [5.41, 5.74) is 0.897. The van der Waals surface area contributed by atoms with Crippen LogP contribution in [-0.2, 0) is 9.53 Å². The van der Waals surface area contributed by atoms with Crippen molar-refractivity contribution in [3.05, 3.63) is 54.2 Å². The monoisotopic (exact) mass is 425 g/mol. The topological polar surface area (TPSA) is 72.0 Å². The first-order valence-corrected chi connectivity index (χ1v) is 10.6. The summed E-state index contributed by atoms with van der Waals surface area (Å²) in [4.78, 5) is 33.3. The van der Waals surface area contributed by atoms with Gasteiger partial charge in [-0.3, -0.25) is 9.69 Å². The number of hydrogen-bond donors (Lipinski definition) is 0. The first kappa shape index (κ1) is 22.6. The van der Waals surface area contributed by atoms with Crippen LogP contribution in [0.2, 0.25) is 0 Å². The van der Waals surface area contributed by atoms with Gasteiger partial charge in [0.2, 0.25) is 11.8 Å². The van der Waals surface area contributed by atoms with Gasteiger partial charge in [0.25, 0.3) is 0 Å². The van der Waals surface area contributed by atoms with Crippen LogP contribution < -0.4 is 9.64 Å². The van der Waals surface area contributed by atoms with Gasteiger partial charge in [0, 0.05) is 43.4 Å². The number of likely N-dealkylation sites (tertiary alicyclic amines) is 1. The molecule has 1 aliphatic rings. The second-order valence-corrected chi connectivity index (χ2v) is 8.72. The Hall–Kier alpha value is -3.09. The predicted molar refractivity (Wildman–Crippen MR) is 119 cm³/mol. The molecule has 0 aliphatic carbocycles. The van der Waals surface area contributed by atoms with Crippen molar-refractivity contribution in [2.75, 3.05) is 24.5 Å². The summed E-state index contributed by atoms with van der Waals surface area (Å²) >= 11 is 0. The van der Waals surface area contributed by atoms with Crippen LogP contribution in [0.5, 0.6) is 5.88 Å². The summed E-state index contributed by atoms with van der Waals surface area (Å²) < 4.78 is 11.5. The van der Waals surface area contributed by atoms with E-state index < -0.39 is 11.7 Å². The van der Waals surface area contributed by atoms with E-state index in [1.54, 1.807) is 17.0 Å². The highest BCUT2D eigenvalue weighted by Gasteiger charge is 2.29. The van der Waals surface area contributed by atoms with E-state index in [0.717, 1.165) is 18.5 Å². The maximum absolute atomic E-state index is 13.0. The van der Waals surface area contributed by atoms with Gasteiger partial charge in [0.15, 0.2) is 0 Å². The Morgan fingerprint density at radius 3 is 2.35 bits per heavy atom. The van der Waals surface area contributed by atoms with Crippen LogP contribution in [0.15, 0.2) is 48.5 Å². The van der Waals surface area contributed by atoms with Crippen LogP contribution in [0.1, 0.15) is 39.3 Å². The molecule has 2 aromatic rings. The quantitative estimate of drug-likeness (QED) is 0.718. The fraction of sp³-hybridized carbons (Fsp3) is 0.458. The van der Waals surface area contributed by atoms with Crippen LogP contribution in [0.3, 0.4) is 0 Å². The molecule has 2 amide bonds. The molecule has 7 nitrogen and oxygen atoms in total. The van der Waals surface area contributed by atoms with Crippen molar-refractivity contribution in [2.24, 2.45) is 0 Å². The number of nitrogens with zero attached hydrogens (tertiary/aromatic N) is 3. The summed E-state index contributed by atoms with van der Waals surface area (Å²) in [7, 11) is 0. The smallest absolute Gasteiger partial charge is 0.415 e. The average molecular weight is 426 g/mol. The van der Waals surface area contributed by atoms with Crippen LogP contribution >= 0.6 is 0 Å². The first-order chi connectivity index (χ1) is 14.7. The van der Waals surface area contributed by atoms with Gasteiger partial charge < -0.3 is 14.4 Å². The molecule has 1 aromatic heterocycles. The number of para-hydroxylation sites is 1. The van der Waals surface area contributed by atoms with Crippen LogP contribution in [-0.4, -0.2) is 53.2 Å². The zero-order valence-corrected chi connectivity index (χ0v) is 18.7. The van der Waals surface area contributed by atoms with Gasteiger partial charge in [0.05, 0.1) is 0 Å². The number of aryl methyl sites for hydroxylation is 1. The second-order valence-electron chi connectivity index (χ2n) is 8.72. The Balaban J connectivity index is 1.60. The molecule has 0 unspecified atom stereocenters. The number of piperidine rings is 1. The average Bonchev–Trinajstić information content (AvgIpc) is 2.72. The van der Waals surface area contributed by atoms with E-state index >= 15 is 0 Å². The Bertz CT molecular complexity index is 887. The molecule has 1 aromatic carbocycles. The second kappa shape index (κ2) is 9.81. The van der Waals surface area contributed by atoms with Gasteiger partial charge >= 0.3 is 6.09 Å². The third-order valence-electron chi connectivity index (χ3n) is 4.92. The van der Waals surface area contributed by atoms with Gasteiger partial charge in [0.1, 0.15) is 18.2 Å². The molecule has 0 spiro atoms. The molecule has 0 saturated carbocycles. The summed E-state index contributed by atoms with van der Waals surface area (Å²) in [6.07, 6.45) is 0.934. The van der Waals surface area contributed by atoms with Crippen LogP contribution in [0.25, 0.3) is 0 Å². The molecule has 1 fully saturated rings. The first-order valence-electron chi connectivity index (χ1n) is 10.6. The molecule has 0 atom stereocenters. The standard InChI is InChI=1S/C24H31N3O4/c1-18-9-8-12-21(25-18)30-20-13-15-26(16-14-20)22(28)17-27(19-10-6-5-7-11-19)23(29)31-24(2,3)4/h5-12,20H,13-17H2,1-4H3. The number of hydrogen-bond acceptors (Lipinski definition) is 5. The Kier molecular flexibility index (Phi) is 7.15. The largest absolute Gasteiger partial charge is 0.474 e. The molecule has 31 heavy (non-hydrogen) atoms. The molecule has 3 rings (SSSR count). The van der Waals surface area contributed by atoms with Gasteiger partial charge in [-0.1, -0.05) is 24.3 Å². The van der Waals surface area contributed by atoms with Crippen molar-refractivity contribution in [2.45, 2.75) is 52.2 Å². The molecule has 1 aliphatic heterocycles.